The molecule has 0 fully saturated rings. The van der Waals surface area contributed by atoms with Crippen LogP contribution in [-0.2, 0) is 16.1 Å². The lowest BCUT2D eigenvalue weighted by atomic mass is 9.98. The molecule has 1 aliphatic rings. The molecule has 2 aromatic rings. The Hall–Kier alpha value is -1.63. The summed E-state index contributed by atoms with van der Waals surface area (Å²) < 4.78 is 24.7. The van der Waals surface area contributed by atoms with Crippen LogP contribution in [0.1, 0.15) is 43.5 Å². The topological polar surface area (TPSA) is 97.6 Å². The maximum Gasteiger partial charge on any atom is 0.368 e. The molecule has 0 bridgehead atoms. The molecule has 2 N–H and O–H groups in total. The predicted molar refractivity (Wildman–Crippen MR) is 115 cm³/mol. The van der Waals surface area contributed by atoms with Crippen LogP contribution in [0.15, 0.2) is 53.3 Å². The molecule has 2 aromatic carbocycles. The Morgan fingerprint density at radius 3 is 2.46 bits per heavy atom. The first-order valence-corrected chi connectivity index (χ1v) is 11.6. The molecule has 0 aromatic heterocycles. The molecule has 0 spiro atoms. The van der Waals surface area contributed by atoms with E-state index in [1.807, 2.05) is 51.1 Å². The molecule has 3 atom stereocenters. The first-order valence-electron chi connectivity index (χ1n) is 8.58. The lowest BCUT2D eigenvalue weighted by Gasteiger charge is -2.28. The fourth-order valence-corrected chi connectivity index (χ4v) is 4.18. The second-order valence-electron chi connectivity index (χ2n) is 7.26. The highest BCUT2D eigenvalue weighted by molar-refractivity contribution is 7.90. The number of carbonyl (C=O) groups is 1. The lowest BCUT2D eigenvalue weighted by Crippen LogP contribution is -2.41. The average molecular weight is 438 g/mol. The summed E-state index contributed by atoms with van der Waals surface area (Å²) in [5, 5.41) is 8.26. The van der Waals surface area contributed by atoms with E-state index in [-0.39, 0.29) is 11.9 Å². The van der Waals surface area contributed by atoms with Crippen LogP contribution in [0.3, 0.4) is 0 Å². The van der Waals surface area contributed by atoms with E-state index in [9.17, 15) is 9.35 Å². The fraction of sp³-hybridized carbons (Fsp3) is 0.263. The molecule has 0 aliphatic carbocycles. The Morgan fingerprint density at radius 2 is 1.89 bits per heavy atom. The van der Waals surface area contributed by atoms with E-state index in [0.717, 1.165) is 11.1 Å². The molecular weight excluding hydrogens is 417 g/mol. The van der Waals surface area contributed by atoms with Crippen LogP contribution < -0.4 is 4.72 Å². The van der Waals surface area contributed by atoms with Gasteiger partial charge < -0.3 is 9.29 Å². The number of nitrogens with one attached hydrogen (secondary N) is 2. The van der Waals surface area contributed by atoms with Crippen molar-refractivity contribution in [2.75, 3.05) is 0 Å². The highest BCUT2D eigenvalue weighted by Crippen LogP contribution is 2.35. The van der Waals surface area contributed by atoms with Crippen LogP contribution in [0, 0.1) is 5.16 Å². The van der Waals surface area contributed by atoms with Gasteiger partial charge in [-0.15, -0.1) is 4.72 Å². The van der Waals surface area contributed by atoms with E-state index in [0.29, 0.717) is 10.6 Å². The van der Waals surface area contributed by atoms with Gasteiger partial charge in [0.25, 0.3) is 0 Å². The SMILES string of the molecule is CC(C)(C)[S+]([O-])N[C@@H](c1ccc(Cl)cc1)c1cccc(C2=N[PH](=N)C(=O)O2)c1. The van der Waals surface area contributed by atoms with Crippen LogP contribution in [-0.4, -0.2) is 20.9 Å². The molecule has 3 rings (SSSR count). The molecule has 1 aliphatic heterocycles. The number of nitrogens with zero attached hydrogens (tertiary/aromatic N) is 1. The monoisotopic (exact) mass is 437 g/mol. The minimum absolute atomic E-state index is 0.169. The van der Waals surface area contributed by atoms with E-state index in [1.165, 1.54) is 0 Å². The summed E-state index contributed by atoms with van der Waals surface area (Å²) >= 11 is 4.70. The molecule has 0 saturated carbocycles. The molecule has 6 nitrogen and oxygen atoms in total. The number of cyclic esters (lactones) is 1. The van der Waals surface area contributed by atoms with Gasteiger partial charge in [0.15, 0.2) is 7.86 Å². The second-order valence-corrected chi connectivity index (χ2v) is 11.0. The zero-order chi connectivity index (χ0) is 20.5. The van der Waals surface area contributed by atoms with Crippen LogP contribution in [0.4, 0.5) is 4.79 Å². The van der Waals surface area contributed by atoms with Gasteiger partial charge >= 0.3 is 5.71 Å². The molecule has 9 heteroatoms. The largest absolute Gasteiger partial charge is 0.598 e. The van der Waals surface area contributed by atoms with Gasteiger partial charge in [-0.1, -0.05) is 35.9 Å². The van der Waals surface area contributed by atoms with Gasteiger partial charge in [0, 0.05) is 21.9 Å². The van der Waals surface area contributed by atoms with Crippen LogP contribution in [0.5, 0.6) is 0 Å². The Kier molecular flexibility index (Phi) is 6.32. The van der Waals surface area contributed by atoms with E-state index in [4.69, 9.17) is 21.5 Å². The Balaban J connectivity index is 1.99. The van der Waals surface area contributed by atoms with Gasteiger partial charge in [-0.2, -0.15) is 0 Å². The van der Waals surface area contributed by atoms with Crippen LogP contribution in [0.25, 0.3) is 0 Å². The first kappa shape index (κ1) is 21.1. The van der Waals surface area contributed by atoms with Crippen LogP contribution >= 0.6 is 19.5 Å². The normalized spacial score (nSPS) is 19.1. The standard InChI is InChI=1S/C19H21ClN3O3PS/c1-19(2,3)28(25)23-16(12-7-9-15(20)10-8-12)13-5-4-6-14(11-13)17-22-27(21)18(24)26-17/h4-11,16,21,23,27H,1-3H3/t16-,28?/m0/s1. The zero-order valence-corrected chi connectivity index (χ0v) is 18.2. The fourth-order valence-electron chi connectivity index (χ4n) is 2.55. The number of halogens is 1. The number of ether oxygens (including phenoxy) is 1. The van der Waals surface area contributed by atoms with E-state index >= 15 is 0 Å². The highest BCUT2D eigenvalue weighted by Gasteiger charge is 2.31. The van der Waals surface area contributed by atoms with Crippen molar-refractivity contribution >= 4 is 42.4 Å². The van der Waals surface area contributed by atoms with Gasteiger partial charge in [-0.25, -0.2) is 9.56 Å². The minimum Gasteiger partial charge on any atom is -0.598 e. The summed E-state index contributed by atoms with van der Waals surface area (Å²) in [7, 11) is -2.26. The van der Waals surface area contributed by atoms with Crippen molar-refractivity contribution < 1.29 is 14.1 Å². The van der Waals surface area contributed by atoms with Crippen molar-refractivity contribution in [2.24, 2.45) is 4.76 Å². The number of hydrogen-bond donors (Lipinski definition) is 2. The number of carbonyl (C=O) groups excluding carboxylic acids is 1. The van der Waals surface area contributed by atoms with Gasteiger partial charge in [-0.05, 0) is 56.2 Å². The van der Waals surface area contributed by atoms with Gasteiger partial charge in [-0.3, -0.25) is 5.16 Å². The summed E-state index contributed by atoms with van der Waals surface area (Å²) in [5.74, 6) is 0.169. The Labute approximate surface area is 173 Å². The number of hydrogen-bond acceptors (Lipinski definition) is 5. The van der Waals surface area contributed by atoms with Crippen molar-refractivity contribution in [3.8, 4) is 0 Å². The molecule has 0 radical (unpaired) electrons. The molecule has 0 saturated heterocycles. The summed E-state index contributed by atoms with van der Waals surface area (Å²) in [5.41, 5.74) is 1.75. The smallest absolute Gasteiger partial charge is 0.368 e. The van der Waals surface area contributed by atoms with Gasteiger partial charge in [0.05, 0.1) is 0 Å². The van der Waals surface area contributed by atoms with E-state index < -0.39 is 29.7 Å². The third-order valence-corrected chi connectivity index (χ3v) is 6.78. The summed E-state index contributed by atoms with van der Waals surface area (Å²) in [6, 6.07) is 14.3. The summed E-state index contributed by atoms with van der Waals surface area (Å²) in [6.45, 7) is 5.70. The van der Waals surface area contributed by atoms with Crippen molar-refractivity contribution in [2.45, 2.75) is 31.6 Å². The molecular formula is C19H21ClN3O3PS. The second kappa shape index (κ2) is 8.39. The predicted octanol–water partition coefficient (Wildman–Crippen LogP) is 5.27. The van der Waals surface area contributed by atoms with Crippen LogP contribution in [0.2, 0.25) is 5.02 Å². The zero-order valence-electron chi connectivity index (χ0n) is 15.7. The Morgan fingerprint density at radius 1 is 1.21 bits per heavy atom. The van der Waals surface area contributed by atoms with Crippen molar-refractivity contribution in [3.63, 3.8) is 0 Å². The third-order valence-electron chi connectivity index (χ3n) is 4.05. The number of benzene rings is 2. The average Bonchev–Trinajstić information content (AvgIpc) is 2.98. The molecule has 148 valence electrons. The molecule has 28 heavy (non-hydrogen) atoms. The molecule has 1 heterocycles. The third kappa shape index (κ3) is 4.85. The van der Waals surface area contributed by atoms with Gasteiger partial charge in [0.1, 0.15) is 10.8 Å². The maximum absolute atomic E-state index is 12.8. The number of rotatable bonds is 5. The molecule has 2 unspecified atom stereocenters. The minimum atomic E-state index is -2.26. The Bertz CT molecular complexity index is 944. The highest BCUT2D eigenvalue weighted by atomic mass is 35.5. The van der Waals surface area contributed by atoms with Crippen molar-refractivity contribution in [1.29, 1.82) is 5.16 Å². The van der Waals surface area contributed by atoms with Crippen molar-refractivity contribution in [3.05, 3.63) is 70.2 Å². The molecule has 0 amide bonds. The van der Waals surface area contributed by atoms with E-state index in [1.54, 1.807) is 18.2 Å². The quantitative estimate of drug-likeness (QED) is 0.491. The van der Waals surface area contributed by atoms with Crippen molar-refractivity contribution in [1.82, 2.24) is 4.72 Å². The van der Waals surface area contributed by atoms with E-state index in [2.05, 4.69) is 9.49 Å². The summed E-state index contributed by atoms with van der Waals surface area (Å²) in [4.78, 5) is 11.5. The maximum atomic E-state index is 12.8. The lowest BCUT2D eigenvalue weighted by molar-refractivity contribution is 0.225. The van der Waals surface area contributed by atoms with Gasteiger partial charge in [0.2, 0.25) is 5.90 Å². The first-order chi connectivity index (χ1) is 13.1. The summed E-state index contributed by atoms with van der Waals surface area (Å²) in [6.07, 6.45) is 0.